The average Bonchev–Trinajstić information content (AvgIpc) is 2.46. The van der Waals surface area contributed by atoms with Gasteiger partial charge in [-0.1, -0.05) is 12.5 Å². The van der Waals surface area contributed by atoms with Gasteiger partial charge < -0.3 is 15.2 Å². The third-order valence-corrected chi connectivity index (χ3v) is 4.13. The topological polar surface area (TPSA) is 61.5 Å². The van der Waals surface area contributed by atoms with Crippen molar-refractivity contribution in [2.45, 2.75) is 36.6 Å². The molecule has 112 valence electrons. The van der Waals surface area contributed by atoms with E-state index in [4.69, 9.17) is 10.5 Å². The fourth-order valence-corrected chi connectivity index (χ4v) is 2.77. The molecule has 20 heavy (non-hydrogen) atoms. The zero-order chi connectivity index (χ0) is 15.0. The van der Waals surface area contributed by atoms with Gasteiger partial charge in [-0.25, -0.2) is 0 Å². The van der Waals surface area contributed by atoms with Crippen LogP contribution in [0, 0.1) is 0 Å². The van der Waals surface area contributed by atoms with E-state index in [1.54, 1.807) is 25.8 Å². The molecule has 0 bridgehead atoms. The Morgan fingerprint density at radius 2 is 2.10 bits per heavy atom. The van der Waals surface area contributed by atoms with Crippen LogP contribution in [0.4, 0.5) is 0 Å². The molecule has 0 radical (unpaired) electrons. The Kier molecular flexibility index (Phi) is 6.88. The van der Waals surface area contributed by atoms with Gasteiger partial charge >= 0.3 is 5.97 Å². The van der Waals surface area contributed by atoms with Gasteiger partial charge in [-0.05, 0) is 43.7 Å². The zero-order valence-corrected chi connectivity index (χ0v) is 13.2. The smallest absolute Gasteiger partial charge is 0.325 e. The number of methoxy groups -OCH3 is 2. The monoisotopic (exact) mass is 297 g/mol. The predicted molar refractivity (Wildman–Crippen MR) is 82.2 cm³/mol. The molecule has 0 saturated heterocycles. The number of hydrogen-bond acceptors (Lipinski definition) is 5. The summed E-state index contributed by atoms with van der Waals surface area (Å²) < 4.78 is 9.87. The number of benzene rings is 1. The largest absolute Gasteiger partial charge is 0.497 e. The first-order valence-electron chi connectivity index (χ1n) is 6.64. The molecule has 0 aliphatic heterocycles. The van der Waals surface area contributed by atoms with E-state index < -0.39 is 5.54 Å². The highest BCUT2D eigenvalue weighted by Crippen LogP contribution is 2.24. The van der Waals surface area contributed by atoms with Gasteiger partial charge in [-0.2, -0.15) is 0 Å². The molecule has 0 aromatic heterocycles. The fraction of sp³-hybridized carbons (Fsp3) is 0.533. The molecule has 0 aliphatic carbocycles. The number of esters is 1. The molecule has 1 atom stereocenters. The first kappa shape index (κ1) is 16.9. The van der Waals surface area contributed by atoms with E-state index in [1.807, 2.05) is 18.2 Å². The Hall–Kier alpha value is -1.20. The van der Waals surface area contributed by atoms with Crippen molar-refractivity contribution in [2.24, 2.45) is 5.73 Å². The molecule has 1 rings (SSSR count). The van der Waals surface area contributed by atoms with Gasteiger partial charge in [0.25, 0.3) is 0 Å². The summed E-state index contributed by atoms with van der Waals surface area (Å²) in [5.41, 5.74) is 5.02. The average molecular weight is 297 g/mol. The molecule has 1 aromatic rings. The van der Waals surface area contributed by atoms with Crippen LogP contribution in [-0.2, 0) is 9.53 Å². The van der Waals surface area contributed by atoms with Crippen LogP contribution in [-0.4, -0.2) is 31.5 Å². The normalized spacial score (nSPS) is 13.6. The summed E-state index contributed by atoms with van der Waals surface area (Å²) in [6.07, 6.45) is 2.54. The van der Waals surface area contributed by atoms with Crippen molar-refractivity contribution in [3.05, 3.63) is 24.3 Å². The maximum absolute atomic E-state index is 11.4. The Morgan fingerprint density at radius 1 is 1.35 bits per heavy atom. The molecule has 4 nitrogen and oxygen atoms in total. The van der Waals surface area contributed by atoms with Crippen LogP contribution in [0.15, 0.2) is 29.2 Å². The SMILES string of the molecule is COC(=O)C(C)(N)CCCCSc1cccc(OC)c1. The number of carbonyl (C=O) groups excluding carboxylic acids is 1. The van der Waals surface area contributed by atoms with E-state index >= 15 is 0 Å². The zero-order valence-electron chi connectivity index (χ0n) is 12.3. The number of rotatable bonds is 8. The summed E-state index contributed by atoms with van der Waals surface area (Å²) in [5, 5.41) is 0. The molecule has 2 N–H and O–H groups in total. The summed E-state index contributed by atoms with van der Waals surface area (Å²) >= 11 is 1.78. The minimum absolute atomic E-state index is 0.349. The number of carbonyl (C=O) groups is 1. The molecular formula is C15H23NO3S. The summed E-state index contributed by atoms with van der Waals surface area (Å²) in [6, 6.07) is 8.00. The van der Waals surface area contributed by atoms with Gasteiger partial charge in [0.1, 0.15) is 11.3 Å². The highest BCUT2D eigenvalue weighted by Gasteiger charge is 2.28. The second-order valence-electron chi connectivity index (χ2n) is 4.89. The van der Waals surface area contributed by atoms with Crippen LogP contribution in [0.5, 0.6) is 5.75 Å². The van der Waals surface area contributed by atoms with E-state index in [1.165, 1.54) is 12.0 Å². The second kappa shape index (κ2) is 8.17. The third kappa shape index (κ3) is 5.43. The molecule has 0 fully saturated rings. The number of thioether (sulfide) groups is 1. The highest BCUT2D eigenvalue weighted by molar-refractivity contribution is 7.99. The lowest BCUT2D eigenvalue weighted by molar-refractivity contribution is -0.146. The Balaban J connectivity index is 2.26. The number of nitrogens with two attached hydrogens (primary N) is 1. The number of ether oxygens (including phenoxy) is 2. The van der Waals surface area contributed by atoms with Crippen LogP contribution < -0.4 is 10.5 Å². The molecule has 1 aromatic carbocycles. The van der Waals surface area contributed by atoms with Gasteiger partial charge in [-0.15, -0.1) is 11.8 Å². The maximum atomic E-state index is 11.4. The lowest BCUT2D eigenvalue weighted by Crippen LogP contribution is -2.45. The Morgan fingerprint density at radius 3 is 2.75 bits per heavy atom. The molecular weight excluding hydrogens is 274 g/mol. The minimum Gasteiger partial charge on any atom is -0.497 e. The summed E-state index contributed by atoms with van der Waals surface area (Å²) in [5.74, 6) is 1.51. The Bertz CT molecular complexity index is 435. The molecule has 0 saturated carbocycles. The van der Waals surface area contributed by atoms with E-state index in [0.717, 1.165) is 24.3 Å². The molecule has 0 aliphatic rings. The first-order chi connectivity index (χ1) is 9.49. The van der Waals surface area contributed by atoms with E-state index in [9.17, 15) is 4.79 Å². The van der Waals surface area contributed by atoms with Crippen LogP contribution in [0.1, 0.15) is 26.2 Å². The van der Waals surface area contributed by atoms with Crippen molar-refractivity contribution in [3.63, 3.8) is 0 Å². The van der Waals surface area contributed by atoms with Crippen molar-refractivity contribution in [2.75, 3.05) is 20.0 Å². The van der Waals surface area contributed by atoms with Crippen molar-refractivity contribution in [1.29, 1.82) is 0 Å². The van der Waals surface area contributed by atoms with Gasteiger partial charge in [0.15, 0.2) is 0 Å². The molecule has 0 spiro atoms. The van der Waals surface area contributed by atoms with Crippen molar-refractivity contribution >= 4 is 17.7 Å². The molecule has 5 heteroatoms. The maximum Gasteiger partial charge on any atom is 0.325 e. The second-order valence-corrected chi connectivity index (χ2v) is 6.06. The first-order valence-corrected chi connectivity index (χ1v) is 7.62. The minimum atomic E-state index is -0.880. The Labute approximate surface area is 125 Å². The van der Waals surface area contributed by atoms with E-state index in [2.05, 4.69) is 10.8 Å². The van der Waals surface area contributed by atoms with E-state index in [0.29, 0.717) is 6.42 Å². The summed E-state index contributed by atoms with van der Waals surface area (Å²) in [4.78, 5) is 12.6. The molecule has 0 heterocycles. The lowest BCUT2D eigenvalue weighted by Gasteiger charge is -2.20. The molecule has 0 amide bonds. The number of unbranched alkanes of at least 4 members (excludes halogenated alkanes) is 1. The van der Waals surface area contributed by atoms with Crippen molar-refractivity contribution in [3.8, 4) is 5.75 Å². The lowest BCUT2D eigenvalue weighted by atomic mass is 9.97. The van der Waals surface area contributed by atoms with Gasteiger partial charge in [-0.3, -0.25) is 4.79 Å². The quantitative estimate of drug-likeness (QED) is 0.454. The standard InChI is InChI=1S/C15H23NO3S/c1-15(16,14(17)19-3)9-4-5-10-20-13-8-6-7-12(11-13)18-2/h6-8,11H,4-5,9-10,16H2,1-3H3. The van der Waals surface area contributed by atoms with Crippen LogP contribution in [0.2, 0.25) is 0 Å². The van der Waals surface area contributed by atoms with Crippen LogP contribution in [0.25, 0.3) is 0 Å². The number of hydrogen-bond donors (Lipinski definition) is 1. The van der Waals surface area contributed by atoms with Crippen molar-refractivity contribution < 1.29 is 14.3 Å². The summed E-state index contributed by atoms with van der Waals surface area (Å²) in [7, 11) is 3.03. The van der Waals surface area contributed by atoms with Gasteiger partial charge in [0, 0.05) is 4.90 Å². The predicted octanol–water partition coefficient (Wildman–Crippen LogP) is 2.85. The molecule has 1 unspecified atom stereocenters. The van der Waals surface area contributed by atoms with Gasteiger partial charge in [0.2, 0.25) is 0 Å². The van der Waals surface area contributed by atoms with Crippen LogP contribution in [0.3, 0.4) is 0 Å². The van der Waals surface area contributed by atoms with E-state index in [-0.39, 0.29) is 5.97 Å². The fourth-order valence-electron chi connectivity index (χ4n) is 1.81. The summed E-state index contributed by atoms with van der Waals surface area (Å²) in [6.45, 7) is 1.72. The highest BCUT2D eigenvalue weighted by atomic mass is 32.2. The van der Waals surface area contributed by atoms with Crippen molar-refractivity contribution in [1.82, 2.24) is 0 Å². The van der Waals surface area contributed by atoms with Gasteiger partial charge in [0.05, 0.1) is 14.2 Å². The third-order valence-electron chi connectivity index (χ3n) is 3.05. The van der Waals surface area contributed by atoms with Crippen LogP contribution >= 0.6 is 11.8 Å².